The number of ether oxygens (including phenoxy) is 1. The summed E-state index contributed by atoms with van der Waals surface area (Å²) in [6, 6.07) is 7.96. The Morgan fingerprint density at radius 1 is 1.29 bits per heavy atom. The maximum Gasteiger partial charge on any atom is 0.350 e. The van der Waals surface area contributed by atoms with Crippen molar-refractivity contribution in [3.8, 4) is 0 Å². The third-order valence-corrected chi connectivity index (χ3v) is 5.95. The number of esters is 1. The highest BCUT2D eigenvalue weighted by Gasteiger charge is 2.23. The minimum absolute atomic E-state index is 0.0269. The fraction of sp³-hybridized carbons (Fsp3) is 0.235. The summed E-state index contributed by atoms with van der Waals surface area (Å²) in [5.41, 5.74) is 1.12. The lowest BCUT2D eigenvalue weighted by molar-refractivity contribution is -0.119. The molecule has 0 spiro atoms. The van der Waals surface area contributed by atoms with Crippen LogP contribution in [0.3, 0.4) is 0 Å². The Balaban J connectivity index is 1.60. The molecule has 1 aromatic heterocycles. The summed E-state index contributed by atoms with van der Waals surface area (Å²) < 4.78 is 27.7. The molecule has 1 saturated heterocycles. The van der Waals surface area contributed by atoms with Gasteiger partial charge in [-0.05, 0) is 36.1 Å². The third kappa shape index (κ3) is 4.55. The molecule has 148 valence electrons. The van der Waals surface area contributed by atoms with E-state index in [1.807, 2.05) is 0 Å². The number of sulfonamides is 1. The predicted molar refractivity (Wildman–Crippen MR) is 103 cm³/mol. The van der Waals surface area contributed by atoms with Crippen LogP contribution in [0.15, 0.2) is 40.6 Å². The molecule has 1 aliphatic rings. The zero-order valence-corrected chi connectivity index (χ0v) is 16.2. The minimum atomic E-state index is -4.06. The van der Waals surface area contributed by atoms with Crippen LogP contribution in [-0.4, -0.2) is 39.4 Å². The Bertz CT molecular complexity index is 1030. The second kappa shape index (κ2) is 8.09. The van der Waals surface area contributed by atoms with Gasteiger partial charge in [0.25, 0.3) is 5.91 Å². The van der Waals surface area contributed by atoms with Crippen molar-refractivity contribution in [2.75, 3.05) is 23.4 Å². The van der Waals surface area contributed by atoms with Gasteiger partial charge in [-0.2, -0.15) is 0 Å². The minimum Gasteiger partial charge on any atom is -0.451 e. The number of amides is 2. The third-order valence-electron chi connectivity index (χ3n) is 3.97. The lowest BCUT2D eigenvalue weighted by atomic mass is 10.2. The van der Waals surface area contributed by atoms with E-state index in [4.69, 9.17) is 9.88 Å². The molecule has 0 unspecified atom stereocenters. The summed E-state index contributed by atoms with van der Waals surface area (Å²) in [4.78, 5) is 37.0. The van der Waals surface area contributed by atoms with E-state index in [-0.39, 0.29) is 15.7 Å². The summed E-state index contributed by atoms with van der Waals surface area (Å²) >= 11 is 0.854. The van der Waals surface area contributed by atoms with Crippen LogP contribution in [0.5, 0.6) is 0 Å². The van der Waals surface area contributed by atoms with Crippen molar-refractivity contribution in [3.63, 3.8) is 0 Å². The first-order chi connectivity index (χ1) is 13.3. The van der Waals surface area contributed by atoms with E-state index < -0.39 is 28.5 Å². The molecule has 2 amide bonds. The van der Waals surface area contributed by atoms with Gasteiger partial charge < -0.3 is 15.0 Å². The standard InChI is InChI=1S/C17H17N3O6S2/c18-28(24,25)13-6-8-27-16(13)17(23)26-10-14(21)19-11-3-1-4-12(9-11)20-7-2-5-15(20)22/h1,3-4,6,8-9H,2,5,7,10H2,(H,19,21)(H2,18,24,25). The Morgan fingerprint density at radius 2 is 2.07 bits per heavy atom. The molecule has 1 fully saturated rings. The van der Waals surface area contributed by atoms with Gasteiger partial charge in [-0.15, -0.1) is 11.3 Å². The molecule has 0 saturated carbocycles. The number of nitrogens with two attached hydrogens (primary N) is 1. The summed E-state index contributed by atoms with van der Waals surface area (Å²) in [5, 5.41) is 9.00. The van der Waals surface area contributed by atoms with Crippen molar-refractivity contribution in [2.45, 2.75) is 17.7 Å². The largest absolute Gasteiger partial charge is 0.451 e. The van der Waals surface area contributed by atoms with Crippen LogP contribution in [0.1, 0.15) is 22.5 Å². The van der Waals surface area contributed by atoms with E-state index in [1.165, 1.54) is 11.4 Å². The van der Waals surface area contributed by atoms with Crippen LogP contribution in [0.4, 0.5) is 11.4 Å². The van der Waals surface area contributed by atoms with E-state index >= 15 is 0 Å². The summed E-state index contributed by atoms with van der Waals surface area (Å²) in [6.07, 6.45) is 1.28. The first-order valence-electron chi connectivity index (χ1n) is 8.23. The highest BCUT2D eigenvalue weighted by molar-refractivity contribution is 7.89. The molecular weight excluding hydrogens is 406 g/mol. The highest BCUT2D eigenvalue weighted by Crippen LogP contribution is 2.24. The predicted octanol–water partition coefficient (Wildman–Crippen LogP) is 1.32. The number of anilines is 2. The summed E-state index contributed by atoms with van der Waals surface area (Å²) in [7, 11) is -4.06. The average molecular weight is 423 g/mol. The number of thiophene rings is 1. The van der Waals surface area contributed by atoms with Gasteiger partial charge in [-0.3, -0.25) is 9.59 Å². The van der Waals surface area contributed by atoms with Crippen molar-refractivity contribution in [3.05, 3.63) is 40.6 Å². The van der Waals surface area contributed by atoms with Crippen molar-refractivity contribution in [2.24, 2.45) is 5.14 Å². The Labute approximate surface area is 165 Å². The van der Waals surface area contributed by atoms with Crippen LogP contribution in [-0.2, 0) is 24.3 Å². The normalized spacial score (nSPS) is 14.2. The van der Waals surface area contributed by atoms with Gasteiger partial charge in [-0.1, -0.05) is 6.07 Å². The van der Waals surface area contributed by atoms with E-state index in [0.717, 1.165) is 17.8 Å². The molecule has 2 heterocycles. The quantitative estimate of drug-likeness (QED) is 0.673. The number of nitrogens with zero attached hydrogens (tertiary/aromatic N) is 1. The van der Waals surface area contributed by atoms with Crippen molar-refractivity contribution in [1.29, 1.82) is 0 Å². The van der Waals surface area contributed by atoms with Gasteiger partial charge in [0.05, 0.1) is 0 Å². The van der Waals surface area contributed by atoms with Crippen LogP contribution < -0.4 is 15.4 Å². The molecule has 3 rings (SSSR count). The number of carbonyl (C=O) groups is 3. The van der Waals surface area contributed by atoms with Gasteiger partial charge in [-0.25, -0.2) is 18.4 Å². The van der Waals surface area contributed by atoms with E-state index in [0.29, 0.717) is 24.3 Å². The lowest BCUT2D eigenvalue weighted by Crippen LogP contribution is -2.24. The fourth-order valence-electron chi connectivity index (χ4n) is 2.74. The second-order valence-corrected chi connectivity index (χ2v) is 8.43. The molecule has 1 aliphatic heterocycles. The van der Waals surface area contributed by atoms with Crippen LogP contribution in [0.25, 0.3) is 0 Å². The lowest BCUT2D eigenvalue weighted by Gasteiger charge is -2.16. The zero-order chi connectivity index (χ0) is 20.3. The monoisotopic (exact) mass is 423 g/mol. The second-order valence-electron chi connectivity index (χ2n) is 5.98. The zero-order valence-electron chi connectivity index (χ0n) is 14.6. The fourth-order valence-corrected chi connectivity index (χ4v) is 4.59. The van der Waals surface area contributed by atoms with Crippen LogP contribution in [0, 0.1) is 0 Å². The van der Waals surface area contributed by atoms with Gasteiger partial charge >= 0.3 is 5.97 Å². The highest BCUT2D eigenvalue weighted by atomic mass is 32.2. The molecular formula is C17H17N3O6S2. The SMILES string of the molecule is NS(=O)(=O)c1ccsc1C(=O)OCC(=O)Nc1cccc(N2CCCC2=O)c1. The molecule has 11 heteroatoms. The number of benzene rings is 1. The average Bonchev–Trinajstić information content (AvgIpc) is 3.28. The Morgan fingerprint density at radius 3 is 2.75 bits per heavy atom. The Kier molecular flexibility index (Phi) is 5.77. The number of hydrogen-bond acceptors (Lipinski definition) is 7. The maximum atomic E-state index is 12.1. The van der Waals surface area contributed by atoms with Crippen molar-refractivity contribution >= 4 is 50.5 Å². The van der Waals surface area contributed by atoms with Gasteiger partial charge in [0, 0.05) is 24.3 Å². The van der Waals surface area contributed by atoms with E-state index in [9.17, 15) is 22.8 Å². The van der Waals surface area contributed by atoms with Crippen LogP contribution >= 0.6 is 11.3 Å². The number of carbonyl (C=O) groups excluding carboxylic acids is 3. The van der Waals surface area contributed by atoms with E-state index in [2.05, 4.69) is 5.32 Å². The number of rotatable bonds is 6. The molecule has 3 N–H and O–H groups in total. The summed E-state index contributed by atoms with van der Waals surface area (Å²) in [6.45, 7) is 0.0225. The molecule has 0 aliphatic carbocycles. The first kappa shape index (κ1) is 20.0. The van der Waals surface area contributed by atoms with E-state index in [1.54, 1.807) is 29.2 Å². The molecule has 0 bridgehead atoms. The smallest absolute Gasteiger partial charge is 0.350 e. The number of primary sulfonamides is 1. The molecule has 9 nitrogen and oxygen atoms in total. The maximum absolute atomic E-state index is 12.1. The molecule has 0 atom stereocenters. The topological polar surface area (TPSA) is 136 Å². The molecule has 1 aromatic carbocycles. The van der Waals surface area contributed by atoms with Gasteiger partial charge in [0.1, 0.15) is 9.77 Å². The molecule has 0 radical (unpaired) electrons. The van der Waals surface area contributed by atoms with Gasteiger partial charge in [0.2, 0.25) is 15.9 Å². The number of nitrogens with one attached hydrogen (secondary N) is 1. The van der Waals surface area contributed by atoms with Crippen LogP contribution in [0.2, 0.25) is 0 Å². The van der Waals surface area contributed by atoms with Gasteiger partial charge in [0.15, 0.2) is 6.61 Å². The Hall–Kier alpha value is -2.76. The first-order valence-corrected chi connectivity index (χ1v) is 10.7. The van der Waals surface area contributed by atoms with Crippen molar-refractivity contribution in [1.82, 2.24) is 0 Å². The van der Waals surface area contributed by atoms with Crippen molar-refractivity contribution < 1.29 is 27.5 Å². The molecule has 2 aromatic rings. The summed E-state index contributed by atoms with van der Waals surface area (Å²) in [5.74, 6) is -1.53. The molecule has 28 heavy (non-hydrogen) atoms. The number of hydrogen-bond donors (Lipinski definition) is 2.